The molecule has 0 saturated carbocycles. The smallest absolute Gasteiger partial charge is 0.165 e. The molecule has 1 unspecified atom stereocenters. The first-order valence-corrected chi connectivity index (χ1v) is 4.61. The Morgan fingerprint density at radius 3 is 2.67 bits per heavy atom. The Morgan fingerprint density at radius 1 is 1.40 bits per heavy atom. The van der Waals surface area contributed by atoms with Crippen LogP contribution in [-0.2, 0) is 0 Å². The third-order valence-electron chi connectivity index (χ3n) is 2.06. The van der Waals surface area contributed by atoms with Gasteiger partial charge in [-0.15, -0.1) is 0 Å². The van der Waals surface area contributed by atoms with Crippen molar-refractivity contribution in [3.05, 3.63) is 35.4 Å². The summed E-state index contributed by atoms with van der Waals surface area (Å²) in [6, 6.07) is 10.6. The predicted molar refractivity (Wildman–Crippen MR) is 54.9 cm³/mol. The van der Waals surface area contributed by atoms with Crippen molar-refractivity contribution in [2.45, 2.75) is 13.3 Å². The first-order valence-electron chi connectivity index (χ1n) is 4.61. The summed E-state index contributed by atoms with van der Waals surface area (Å²) in [5.74, 6) is -0.467. The number of carbonyl (C=O) groups excluding carboxylic acids is 1. The molecule has 15 heavy (non-hydrogen) atoms. The SMILES string of the molecule is CC(C#N)CC(=O)c1ccccc1C#N. The number of nitrogens with zero attached hydrogens (tertiary/aromatic N) is 2. The maximum Gasteiger partial charge on any atom is 0.165 e. The lowest BCUT2D eigenvalue weighted by Gasteiger charge is -2.03. The second kappa shape index (κ2) is 4.93. The summed E-state index contributed by atoms with van der Waals surface area (Å²) >= 11 is 0. The Hall–Kier alpha value is -2.13. The summed E-state index contributed by atoms with van der Waals surface area (Å²) in [5.41, 5.74) is 0.773. The van der Waals surface area contributed by atoms with E-state index in [0.717, 1.165) is 0 Å². The molecule has 0 spiro atoms. The molecule has 3 nitrogen and oxygen atoms in total. The first kappa shape index (κ1) is 10.9. The van der Waals surface area contributed by atoms with Gasteiger partial charge in [0.25, 0.3) is 0 Å². The minimum atomic E-state index is -0.316. The topological polar surface area (TPSA) is 64.7 Å². The number of hydrogen-bond donors (Lipinski definition) is 0. The average Bonchev–Trinajstić information content (AvgIpc) is 2.28. The van der Waals surface area contributed by atoms with Crippen LogP contribution in [0.2, 0.25) is 0 Å². The Kier molecular flexibility index (Phi) is 3.60. The van der Waals surface area contributed by atoms with Gasteiger partial charge in [0.05, 0.1) is 23.6 Å². The zero-order valence-electron chi connectivity index (χ0n) is 8.40. The minimum Gasteiger partial charge on any atom is -0.294 e. The number of nitriles is 2. The highest BCUT2D eigenvalue weighted by atomic mass is 16.1. The van der Waals surface area contributed by atoms with Crippen LogP contribution in [0.1, 0.15) is 29.3 Å². The molecule has 0 N–H and O–H groups in total. The van der Waals surface area contributed by atoms with Gasteiger partial charge in [-0.05, 0) is 13.0 Å². The highest BCUT2D eigenvalue weighted by molar-refractivity contribution is 5.98. The largest absolute Gasteiger partial charge is 0.294 e. The molecule has 0 heterocycles. The highest BCUT2D eigenvalue weighted by Crippen LogP contribution is 2.13. The van der Waals surface area contributed by atoms with E-state index in [1.54, 1.807) is 31.2 Å². The summed E-state index contributed by atoms with van der Waals surface area (Å²) < 4.78 is 0. The van der Waals surface area contributed by atoms with Crippen molar-refractivity contribution in [1.29, 1.82) is 10.5 Å². The van der Waals surface area contributed by atoms with E-state index < -0.39 is 0 Å². The normalized spacial score (nSPS) is 11.1. The van der Waals surface area contributed by atoms with Crippen molar-refractivity contribution in [2.75, 3.05) is 0 Å². The molecule has 1 aromatic carbocycles. The summed E-state index contributed by atoms with van der Waals surface area (Å²) in [5, 5.41) is 17.4. The van der Waals surface area contributed by atoms with Crippen molar-refractivity contribution in [3.63, 3.8) is 0 Å². The molecule has 1 atom stereocenters. The van der Waals surface area contributed by atoms with Gasteiger partial charge in [-0.25, -0.2) is 0 Å². The van der Waals surface area contributed by atoms with Gasteiger partial charge in [-0.2, -0.15) is 10.5 Å². The van der Waals surface area contributed by atoms with E-state index in [2.05, 4.69) is 0 Å². The van der Waals surface area contributed by atoms with Crippen LogP contribution in [0.3, 0.4) is 0 Å². The van der Waals surface area contributed by atoms with Crippen molar-refractivity contribution < 1.29 is 4.79 Å². The van der Waals surface area contributed by atoms with Crippen LogP contribution in [0.15, 0.2) is 24.3 Å². The van der Waals surface area contributed by atoms with Gasteiger partial charge in [-0.1, -0.05) is 18.2 Å². The van der Waals surface area contributed by atoms with Gasteiger partial charge in [-0.3, -0.25) is 4.79 Å². The van der Waals surface area contributed by atoms with E-state index in [-0.39, 0.29) is 18.1 Å². The van der Waals surface area contributed by atoms with E-state index in [1.807, 2.05) is 12.1 Å². The lowest BCUT2D eigenvalue weighted by molar-refractivity contribution is 0.0972. The molecule has 0 aliphatic carbocycles. The first-order chi connectivity index (χ1) is 7.19. The zero-order chi connectivity index (χ0) is 11.3. The van der Waals surface area contributed by atoms with E-state index in [1.165, 1.54) is 0 Å². The van der Waals surface area contributed by atoms with Crippen molar-refractivity contribution >= 4 is 5.78 Å². The van der Waals surface area contributed by atoms with Crippen LogP contribution in [0.4, 0.5) is 0 Å². The lowest BCUT2D eigenvalue weighted by atomic mass is 9.97. The number of Topliss-reactive ketones (excluding diaryl/α,β-unsaturated/α-hetero) is 1. The molecule has 1 aromatic rings. The van der Waals surface area contributed by atoms with Crippen LogP contribution in [0.5, 0.6) is 0 Å². The number of carbonyl (C=O) groups is 1. The molecule has 74 valence electrons. The number of rotatable bonds is 3. The fourth-order valence-corrected chi connectivity index (χ4v) is 1.26. The molecule has 0 aliphatic rings. The second-order valence-corrected chi connectivity index (χ2v) is 3.31. The molecule has 0 aliphatic heterocycles. The minimum absolute atomic E-state index is 0.152. The van der Waals surface area contributed by atoms with Gasteiger partial charge in [0.1, 0.15) is 0 Å². The average molecular weight is 198 g/mol. The van der Waals surface area contributed by atoms with E-state index in [9.17, 15) is 4.79 Å². The molecule has 0 fully saturated rings. The Bertz CT molecular complexity index is 451. The predicted octanol–water partition coefficient (Wildman–Crippen LogP) is 2.29. The summed E-state index contributed by atoms with van der Waals surface area (Å²) in [4.78, 5) is 11.7. The second-order valence-electron chi connectivity index (χ2n) is 3.31. The maximum atomic E-state index is 11.7. The third kappa shape index (κ3) is 2.65. The molecule has 0 saturated heterocycles. The van der Waals surface area contributed by atoms with Crippen LogP contribution >= 0.6 is 0 Å². The number of benzene rings is 1. The van der Waals surface area contributed by atoms with Gasteiger partial charge in [0, 0.05) is 12.0 Å². The lowest BCUT2D eigenvalue weighted by Crippen LogP contribution is -2.06. The fourth-order valence-electron chi connectivity index (χ4n) is 1.26. The van der Waals surface area contributed by atoms with Crippen LogP contribution < -0.4 is 0 Å². The summed E-state index contributed by atoms with van der Waals surface area (Å²) in [6.07, 6.45) is 0.162. The molecular formula is C12H10N2O. The molecular weight excluding hydrogens is 188 g/mol. The quantitative estimate of drug-likeness (QED) is 0.700. The Labute approximate surface area is 88.6 Å². The fraction of sp³-hybridized carbons (Fsp3) is 0.250. The maximum absolute atomic E-state index is 11.7. The standard InChI is InChI=1S/C12H10N2O/c1-9(7-13)6-12(15)11-5-3-2-4-10(11)8-14/h2-5,9H,6H2,1H3. The zero-order valence-corrected chi connectivity index (χ0v) is 8.40. The van der Waals surface area contributed by atoms with E-state index in [4.69, 9.17) is 10.5 Å². The van der Waals surface area contributed by atoms with E-state index >= 15 is 0 Å². The van der Waals surface area contributed by atoms with Crippen LogP contribution in [0.25, 0.3) is 0 Å². The van der Waals surface area contributed by atoms with Gasteiger partial charge in [0.2, 0.25) is 0 Å². The molecule has 0 amide bonds. The summed E-state index contributed by atoms with van der Waals surface area (Å²) in [6.45, 7) is 1.69. The molecule has 3 heteroatoms. The molecule has 0 radical (unpaired) electrons. The van der Waals surface area contributed by atoms with E-state index in [0.29, 0.717) is 11.1 Å². The van der Waals surface area contributed by atoms with Gasteiger partial charge < -0.3 is 0 Å². The van der Waals surface area contributed by atoms with Crippen LogP contribution in [-0.4, -0.2) is 5.78 Å². The third-order valence-corrected chi connectivity index (χ3v) is 2.06. The highest BCUT2D eigenvalue weighted by Gasteiger charge is 2.13. The number of hydrogen-bond acceptors (Lipinski definition) is 3. The Balaban J connectivity index is 2.93. The van der Waals surface area contributed by atoms with Crippen molar-refractivity contribution in [1.82, 2.24) is 0 Å². The monoisotopic (exact) mass is 198 g/mol. The molecule has 1 rings (SSSR count). The number of ketones is 1. The molecule has 0 aromatic heterocycles. The summed E-state index contributed by atoms with van der Waals surface area (Å²) in [7, 11) is 0. The van der Waals surface area contributed by atoms with Gasteiger partial charge >= 0.3 is 0 Å². The van der Waals surface area contributed by atoms with Crippen LogP contribution in [0, 0.1) is 28.6 Å². The van der Waals surface area contributed by atoms with Crippen molar-refractivity contribution in [2.24, 2.45) is 5.92 Å². The van der Waals surface area contributed by atoms with Gasteiger partial charge in [0.15, 0.2) is 5.78 Å². The molecule has 0 bridgehead atoms. The Morgan fingerprint density at radius 2 is 2.07 bits per heavy atom. The van der Waals surface area contributed by atoms with Crippen molar-refractivity contribution in [3.8, 4) is 12.1 Å².